The minimum absolute atomic E-state index is 0.102. The number of primary amides is 1. The molecular formula is C10H10N2O2. The van der Waals surface area contributed by atoms with Gasteiger partial charge in [0.1, 0.15) is 0 Å². The lowest BCUT2D eigenvalue weighted by Crippen LogP contribution is -2.15. The van der Waals surface area contributed by atoms with Crippen molar-refractivity contribution < 1.29 is 9.59 Å². The number of anilines is 1. The molecule has 0 heterocycles. The molecule has 4 heteroatoms. The summed E-state index contributed by atoms with van der Waals surface area (Å²) in [7, 11) is 0. The normalized spacial score (nSPS) is 9.43. The van der Waals surface area contributed by atoms with E-state index in [1.165, 1.54) is 12.1 Å². The molecule has 4 N–H and O–H groups in total. The summed E-state index contributed by atoms with van der Waals surface area (Å²) in [5.41, 5.74) is 11.2. The van der Waals surface area contributed by atoms with Crippen molar-refractivity contribution in [2.45, 2.75) is 0 Å². The Bertz CT molecular complexity index is 411. The minimum atomic E-state index is -0.652. The van der Waals surface area contributed by atoms with Gasteiger partial charge in [0.25, 0.3) is 5.91 Å². The molecule has 0 saturated heterocycles. The van der Waals surface area contributed by atoms with E-state index in [0.717, 1.165) is 6.08 Å². The van der Waals surface area contributed by atoms with E-state index in [2.05, 4.69) is 6.58 Å². The number of carbonyl (C=O) groups excluding carboxylic acids is 2. The van der Waals surface area contributed by atoms with Gasteiger partial charge in [-0.25, -0.2) is 0 Å². The van der Waals surface area contributed by atoms with E-state index in [4.69, 9.17) is 11.5 Å². The zero-order valence-electron chi connectivity index (χ0n) is 7.49. The summed E-state index contributed by atoms with van der Waals surface area (Å²) in [6.07, 6.45) is 1.14. The second kappa shape index (κ2) is 3.74. The summed E-state index contributed by atoms with van der Waals surface area (Å²) in [6, 6.07) is 4.54. The fraction of sp³-hybridized carbons (Fsp3) is 0. The predicted molar refractivity (Wildman–Crippen MR) is 53.9 cm³/mol. The SMILES string of the molecule is C=CC(=O)c1cccc(C(N)=O)c1N. The molecule has 1 aromatic rings. The van der Waals surface area contributed by atoms with Gasteiger partial charge in [0.05, 0.1) is 11.3 Å². The molecule has 0 fully saturated rings. The monoisotopic (exact) mass is 190 g/mol. The lowest BCUT2D eigenvalue weighted by Gasteiger charge is -2.05. The highest BCUT2D eigenvalue weighted by atomic mass is 16.1. The number of benzene rings is 1. The lowest BCUT2D eigenvalue weighted by atomic mass is 10.0. The van der Waals surface area contributed by atoms with Crippen LogP contribution in [-0.2, 0) is 0 Å². The number of carbonyl (C=O) groups is 2. The average Bonchev–Trinajstić information content (AvgIpc) is 2.16. The molecule has 1 aromatic carbocycles. The van der Waals surface area contributed by atoms with Crippen LogP contribution in [0.3, 0.4) is 0 Å². The fourth-order valence-electron chi connectivity index (χ4n) is 1.10. The number of ketones is 1. The number of amides is 1. The summed E-state index contributed by atoms with van der Waals surface area (Å²) < 4.78 is 0. The highest BCUT2D eigenvalue weighted by Crippen LogP contribution is 2.17. The molecule has 0 spiro atoms. The van der Waals surface area contributed by atoms with Crippen LogP contribution in [0.5, 0.6) is 0 Å². The van der Waals surface area contributed by atoms with Gasteiger partial charge in [-0.3, -0.25) is 9.59 Å². The van der Waals surface area contributed by atoms with Crippen molar-refractivity contribution in [1.29, 1.82) is 0 Å². The fourth-order valence-corrected chi connectivity index (χ4v) is 1.10. The third-order valence-electron chi connectivity index (χ3n) is 1.82. The standard InChI is InChI=1S/C10H10N2O2/c1-2-8(13)6-4-3-5-7(9(6)11)10(12)14/h2-5H,1,11H2,(H2,12,14). The van der Waals surface area contributed by atoms with Gasteiger partial charge in [-0.15, -0.1) is 0 Å². The Hall–Kier alpha value is -2.10. The second-order valence-electron chi connectivity index (χ2n) is 2.70. The number of nitrogens with two attached hydrogens (primary N) is 2. The third kappa shape index (κ3) is 1.64. The molecule has 0 aromatic heterocycles. The topological polar surface area (TPSA) is 86.2 Å². The third-order valence-corrected chi connectivity index (χ3v) is 1.82. The first-order valence-corrected chi connectivity index (χ1v) is 3.93. The first-order valence-electron chi connectivity index (χ1n) is 3.93. The molecule has 72 valence electrons. The summed E-state index contributed by atoms with van der Waals surface area (Å²) in [5.74, 6) is -0.980. The van der Waals surface area contributed by atoms with Crippen molar-refractivity contribution in [1.82, 2.24) is 0 Å². The Morgan fingerprint density at radius 3 is 2.36 bits per heavy atom. The van der Waals surface area contributed by atoms with E-state index < -0.39 is 5.91 Å². The van der Waals surface area contributed by atoms with Crippen molar-refractivity contribution in [3.05, 3.63) is 42.0 Å². The highest BCUT2D eigenvalue weighted by molar-refractivity contribution is 6.11. The largest absolute Gasteiger partial charge is 0.397 e. The number of hydrogen-bond acceptors (Lipinski definition) is 3. The van der Waals surface area contributed by atoms with Gasteiger partial charge in [0.15, 0.2) is 5.78 Å². The van der Waals surface area contributed by atoms with Gasteiger partial charge in [0, 0.05) is 5.56 Å². The Balaban J connectivity index is 3.34. The van der Waals surface area contributed by atoms with Crippen LogP contribution in [0.15, 0.2) is 30.9 Å². The van der Waals surface area contributed by atoms with Crippen LogP contribution < -0.4 is 11.5 Å². The minimum Gasteiger partial charge on any atom is -0.397 e. The molecular weight excluding hydrogens is 180 g/mol. The van der Waals surface area contributed by atoms with Gasteiger partial charge in [0.2, 0.25) is 0 Å². The number of para-hydroxylation sites is 1. The van der Waals surface area contributed by atoms with E-state index in [0.29, 0.717) is 0 Å². The maximum Gasteiger partial charge on any atom is 0.250 e. The summed E-state index contributed by atoms with van der Waals surface area (Å²) in [6.45, 7) is 3.33. The van der Waals surface area contributed by atoms with Crippen molar-refractivity contribution in [3.8, 4) is 0 Å². The smallest absolute Gasteiger partial charge is 0.250 e. The van der Waals surface area contributed by atoms with Gasteiger partial charge < -0.3 is 11.5 Å². The van der Waals surface area contributed by atoms with Gasteiger partial charge in [-0.2, -0.15) is 0 Å². The van der Waals surface area contributed by atoms with Crippen molar-refractivity contribution in [2.24, 2.45) is 5.73 Å². The van der Waals surface area contributed by atoms with Crippen LogP contribution in [0.2, 0.25) is 0 Å². The van der Waals surface area contributed by atoms with E-state index >= 15 is 0 Å². The maximum atomic E-state index is 11.3. The van der Waals surface area contributed by atoms with Crippen LogP contribution >= 0.6 is 0 Å². The van der Waals surface area contributed by atoms with Crippen LogP contribution in [0, 0.1) is 0 Å². The molecule has 0 saturated carbocycles. The number of hydrogen-bond donors (Lipinski definition) is 2. The second-order valence-corrected chi connectivity index (χ2v) is 2.70. The first kappa shape index (κ1) is 9.98. The van der Waals surface area contributed by atoms with Crippen molar-refractivity contribution in [2.75, 3.05) is 5.73 Å². The van der Waals surface area contributed by atoms with Gasteiger partial charge in [-0.1, -0.05) is 12.6 Å². The quantitative estimate of drug-likeness (QED) is 0.418. The van der Waals surface area contributed by atoms with Crippen LogP contribution in [0.1, 0.15) is 20.7 Å². The molecule has 0 atom stereocenters. The number of allylic oxidation sites excluding steroid dienone is 1. The molecule has 14 heavy (non-hydrogen) atoms. The Labute approximate surface area is 81.2 Å². The molecule has 1 amide bonds. The molecule has 0 unspecified atom stereocenters. The predicted octanol–water partition coefficient (Wildman–Crippen LogP) is 0.736. The van der Waals surface area contributed by atoms with E-state index in [1.54, 1.807) is 6.07 Å². The van der Waals surface area contributed by atoms with Crippen LogP contribution in [-0.4, -0.2) is 11.7 Å². The van der Waals surface area contributed by atoms with Crippen molar-refractivity contribution in [3.63, 3.8) is 0 Å². The summed E-state index contributed by atoms with van der Waals surface area (Å²) in [4.78, 5) is 22.1. The summed E-state index contributed by atoms with van der Waals surface area (Å²) in [5, 5.41) is 0. The van der Waals surface area contributed by atoms with E-state index in [1.807, 2.05) is 0 Å². The Morgan fingerprint density at radius 1 is 1.29 bits per heavy atom. The zero-order valence-corrected chi connectivity index (χ0v) is 7.49. The Kier molecular flexibility index (Phi) is 2.67. The van der Waals surface area contributed by atoms with E-state index in [9.17, 15) is 9.59 Å². The van der Waals surface area contributed by atoms with Gasteiger partial charge in [-0.05, 0) is 18.2 Å². The molecule has 0 aliphatic heterocycles. The van der Waals surface area contributed by atoms with E-state index in [-0.39, 0.29) is 22.6 Å². The molecule has 0 aliphatic carbocycles. The number of nitrogen functional groups attached to an aromatic ring is 1. The molecule has 1 rings (SSSR count). The number of rotatable bonds is 3. The molecule has 0 bridgehead atoms. The average molecular weight is 190 g/mol. The molecule has 4 nitrogen and oxygen atoms in total. The lowest BCUT2D eigenvalue weighted by molar-refractivity contribution is 0.100. The Morgan fingerprint density at radius 2 is 1.86 bits per heavy atom. The van der Waals surface area contributed by atoms with Gasteiger partial charge >= 0.3 is 0 Å². The molecule has 0 aliphatic rings. The molecule has 0 radical (unpaired) electrons. The summed E-state index contributed by atoms with van der Waals surface area (Å²) >= 11 is 0. The van der Waals surface area contributed by atoms with Crippen LogP contribution in [0.25, 0.3) is 0 Å². The highest BCUT2D eigenvalue weighted by Gasteiger charge is 2.12. The maximum absolute atomic E-state index is 11.3. The zero-order chi connectivity index (χ0) is 10.7. The van der Waals surface area contributed by atoms with Crippen LogP contribution in [0.4, 0.5) is 5.69 Å². The van der Waals surface area contributed by atoms with Crippen molar-refractivity contribution >= 4 is 17.4 Å². The first-order chi connectivity index (χ1) is 6.57.